The Bertz CT molecular complexity index is 1480. The zero-order chi connectivity index (χ0) is 31.2. The quantitative estimate of drug-likeness (QED) is 0.262. The molecule has 0 aliphatic rings. The fraction of sp³-hybridized carbons (Fsp3) is 0.394. The molecule has 0 unspecified atom stereocenters. The smallest absolute Gasteiger partial charge is 0.264 e. The van der Waals surface area contributed by atoms with Gasteiger partial charge in [-0.05, 0) is 81.5 Å². The number of aryl methyl sites for hydroxylation is 1. The van der Waals surface area contributed by atoms with Gasteiger partial charge in [0.1, 0.15) is 12.6 Å². The first kappa shape index (κ1) is 33.1. The number of benzene rings is 3. The second kappa shape index (κ2) is 13.7. The van der Waals surface area contributed by atoms with Crippen LogP contribution in [0, 0.1) is 6.92 Å². The van der Waals surface area contributed by atoms with Crippen molar-refractivity contribution in [3.05, 3.63) is 94.5 Å². The van der Waals surface area contributed by atoms with Crippen LogP contribution in [0.1, 0.15) is 70.6 Å². The number of amides is 2. The molecule has 2 amide bonds. The van der Waals surface area contributed by atoms with Gasteiger partial charge in [0.2, 0.25) is 11.8 Å². The highest BCUT2D eigenvalue weighted by atomic mass is 35.5. The minimum Gasteiger partial charge on any atom is -0.350 e. The van der Waals surface area contributed by atoms with Crippen LogP contribution >= 0.6 is 11.6 Å². The summed E-state index contributed by atoms with van der Waals surface area (Å²) in [5.41, 5.74) is 2.45. The van der Waals surface area contributed by atoms with Crippen LogP contribution in [0.25, 0.3) is 0 Å². The van der Waals surface area contributed by atoms with Crippen LogP contribution in [0.4, 0.5) is 5.69 Å². The van der Waals surface area contributed by atoms with E-state index < -0.39 is 34.1 Å². The van der Waals surface area contributed by atoms with Gasteiger partial charge in [0.05, 0.1) is 10.6 Å². The summed E-state index contributed by atoms with van der Waals surface area (Å²) in [5, 5.41) is 3.42. The molecule has 0 aromatic heterocycles. The molecule has 1 atom stereocenters. The second-order valence-corrected chi connectivity index (χ2v) is 14.1. The maximum Gasteiger partial charge on any atom is 0.264 e. The lowest BCUT2D eigenvalue weighted by Crippen LogP contribution is -2.55. The second-order valence-electron chi connectivity index (χ2n) is 11.8. The van der Waals surface area contributed by atoms with Crippen molar-refractivity contribution < 1.29 is 18.0 Å². The van der Waals surface area contributed by atoms with Crippen LogP contribution in [-0.2, 0) is 26.2 Å². The van der Waals surface area contributed by atoms with Gasteiger partial charge < -0.3 is 10.2 Å². The third-order valence-corrected chi connectivity index (χ3v) is 9.08. The molecule has 3 aromatic carbocycles. The van der Waals surface area contributed by atoms with Crippen LogP contribution in [0.5, 0.6) is 0 Å². The summed E-state index contributed by atoms with van der Waals surface area (Å²) in [6.07, 6.45) is 0.325. The van der Waals surface area contributed by atoms with Crippen LogP contribution < -0.4 is 9.62 Å². The van der Waals surface area contributed by atoms with E-state index in [0.29, 0.717) is 22.7 Å². The van der Waals surface area contributed by atoms with Crippen LogP contribution in [0.2, 0.25) is 5.02 Å². The predicted octanol–water partition coefficient (Wildman–Crippen LogP) is 6.69. The lowest BCUT2D eigenvalue weighted by Gasteiger charge is -2.35. The van der Waals surface area contributed by atoms with Gasteiger partial charge in [0.15, 0.2) is 0 Å². The Hall–Kier alpha value is -3.36. The van der Waals surface area contributed by atoms with E-state index >= 15 is 0 Å². The molecule has 0 saturated heterocycles. The lowest BCUT2D eigenvalue weighted by molar-refractivity contribution is -0.141. The number of hydrogen-bond acceptors (Lipinski definition) is 4. The van der Waals surface area contributed by atoms with E-state index in [2.05, 4.69) is 19.2 Å². The Labute approximate surface area is 255 Å². The Morgan fingerprint density at radius 1 is 0.929 bits per heavy atom. The van der Waals surface area contributed by atoms with E-state index in [0.717, 1.165) is 15.4 Å². The van der Waals surface area contributed by atoms with Crippen LogP contribution in [0.15, 0.2) is 77.7 Å². The van der Waals surface area contributed by atoms with Crippen LogP contribution in [0.3, 0.4) is 0 Å². The van der Waals surface area contributed by atoms with Gasteiger partial charge in [-0.3, -0.25) is 13.9 Å². The van der Waals surface area contributed by atoms with Crippen molar-refractivity contribution in [3.63, 3.8) is 0 Å². The van der Waals surface area contributed by atoms with Crippen LogP contribution in [-0.4, -0.2) is 43.3 Å². The van der Waals surface area contributed by atoms with Crippen molar-refractivity contribution in [1.82, 2.24) is 10.2 Å². The number of nitrogens with zero attached hydrogens (tertiary/aromatic N) is 2. The number of hydrogen-bond donors (Lipinski definition) is 1. The molecule has 42 heavy (non-hydrogen) atoms. The molecule has 0 bridgehead atoms. The lowest BCUT2D eigenvalue weighted by atomic mass is 10.0. The average molecular weight is 612 g/mol. The summed E-state index contributed by atoms with van der Waals surface area (Å²) in [4.78, 5) is 29.2. The van der Waals surface area contributed by atoms with Crippen molar-refractivity contribution >= 4 is 39.1 Å². The third-order valence-electron chi connectivity index (χ3n) is 6.92. The summed E-state index contributed by atoms with van der Waals surface area (Å²) in [6.45, 7) is 13.0. The molecule has 9 heteroatoms. The van der Waals surface area contributed by atoms with Gasteiger partial charge in [0, 0.05) is 17.1 Å². The van der Waals surface area contributed by atoms with E-state index in [4.69, 9.17) is 11.6 Å². The van der Waals surface area contributed by atoms with E-state index in [1.807, 2.05) is 52.8 Å². The summed E-state index contributed by atoms with van der Waals surface area (Å²) in [6, 6.07) is 20.0. The van der Waals surface area contributed by atoms with Gasteiger partial charge in [-0.1, -0.05) is 80.4 Å². The molecule has 3 aromatic rings. The molecule has 0 fully saturated rings. The standard InChI is InChI=1S/C33H42ClN3O4S/c1-8-30(32(39)35-33(5,6)7)36(21-26-11-9-10-12-29(26)34)31(38)22-37(27-17-15-25(16-18-27)23(2)3)42(40,41)28-19-13-24(4)14-20-28/h9-20,23,30H,8,21-22H2,1-7H3,(H,35,39)/t30-/m1/s1. The SMILES string of the molecule is CC[C@H](C(=O)NC(C)(C)C)N(Cc1ccccc1Cl)C(=O)CN(c1ccc(C(C)C)cc1)S(=O)(=O)c1ccc(C)cc1. The monoisotopic (exact) mass is 611 g/mol. The number of halogens is 1. The Balaban J connectivity index is 2.10. The molecule has 226 valence electrons. The topological polar surface area (TPSA) is 86.8 Å². The molecule has 0 aliphatic carbocycles. The van der Waals surface area contributed by atoms with Gasteiger partial charge in [-0.2, -0.15) is 0 Å². The van der Waals surface area contributed by atoms with E-state index in [-0.39, 0.29) is 23.3 Å². The van der Waals surface area contributed by atoms with E-state index in [1.54, 1.807) is 42.5 Å². The first-order valence-corrected chi connectivity index (χ1v) is 16.0. The first-order chi connectivity index (χ1) is 19.6. The fourth-order valence-electron chi connectivity index (χ4n) is 4.57. The zero-order valence-electron chi connectivity index (χ0n) is 25.5. The van der Waals surface area contributed by atoms with Crippen molar-refractivity contribution in [2.75, 3.05) is 10.8 Å². The molecule has 7 nitrogen and oxygen atoms in total. The van der Waals surface area contributed by atoms with Crippen molar-refractivity contribution in [1.29, 1.82) is 0 Å². The first-order valence-electron chi connectivity index (χ1n) is 14.2. The number of anilines is 1. The largest absolute Gasteiger partial charge is 0.350 e. The van der Waals surface area contributed by atoms with Gasteiger partial charge in [-0.15, -0.1) is 0 Å². The Morgan fingerprint density at radius 2 is 1.52 bits per heavy atom. The Kier molecular flexibility index (Phi) is 10.8. The highest BCUT2D eigenvalue weighted by molar-refractivity contribution is 7.92. The minimum absolute atomic E-state index is 0.0410. The molecule has 0 heterocycles. The van der Waals surface area contributed by atoms with Gasteiger partial charge in [0.25, 0.3) is 10.0 Å². The van der Waals surface area contributed by atoms with Crippen molar-refractivity contribution in [3.8, 4) is 0 Å². The van der Waals surface area contributed by atoms with Gasteiger partial charge in [-0.25, -0.2) is 8.42 Å². The third kappa shape index (κ3) is 8.35. The average Bonchev–Trinajstić information content (AvgIpc) is 2.91. The van der Waals surface area contributed by atoms with Gasteiger partial charge >= 0.3 is 0 Å². The number of rotatable bonds is 11. The number of carbonyl (C=O) groups excluding carboxylic acids is 2. The molecular weight excluding hydrogens is 570 g/mol. The highest BCUT2D eigenvalue weighted by Crippen LogP contribution is 2.28. The van der Waals surface area contributed by atoms with E-state index in [9.17, 15) is 18.0 Å². The molecule has 3 rings (SSSR count). The number of nitrogens with one attached hydrogen (secondary N) is 1. The predicted molar refractivity (Wildman–Crippen MR) is 170 cm³/mol. The minimum atomic E-state index is -4.14. The molecule has 0 aliphatic heterocycles. The zero-order valence-corrected chi connectivity index (χ0v) is 27.1. The summed E-state index contributed by atoms with van der Waals surface area (Å²) >= 11 is 6.47. The van der Waals surface area contributed by atoms with E-state index in [1.165, 1.54) is 17.0 Å². The number of carbonyl (C=O) groups is 2. The molecular formula is C33H42ClN3O4S. The summed E-state index contributed by atoms with van der Waals surface area (Å²) in [5.74, 6) is -0.588. The molecule has 0 spiro atoms. The molecule has 0 radical (unpaired) electrons. The molecule has 0 saturated carbocycles. The number of sulfonamides is 1. The summed E-state index contributed by atoms with van der Waals surface area (Å²) in [7, 11) is -4.14. The molecule has 1 N–H and O–H groups in total. The fourth-order valence-corrected chi connectivity index (χ4v) is 6.18. The maximum atomic E-state index is 14.2. The summed E-state index contributed by atoms with van der Waals surface area (Å²) < 4.78 is 29.2. The maximum absolute atomic E-state index is 14.2. The highest BCUT2D eigenvalue weighted by Gasteiger charge is 2.35. The normalized spacial score (nSPS) is 12.6. The Morgan fingerprint density at radius 3 is 2.05 bits per heavy atom. The van der Waals surface area contributed by atoms with Crippen molar-refractivity contribution in [2.45, 2.75) is 83.8 Å². The van der Waals surface area contributed by atoms with Crippen molar-refractivity contribution in [2.24, 2.45) is 0 Å².